The summed E-state index contributed by atoms with van der Waals surface area (Å²) in [4.78, 5) is 61.8. The third-order valence-electron chi connectivity index (χ3n) is 11.9. The van der Waals surface area contributed by atoms with Crippen molar-refractivity contribution in [2.75, 3.05) is 32.1 Å². The lowest BCUT2D eigenvalue weighted by molar-refractivity contribution is -0.228. The molecule has 2 heterocycles. The van der Waals surface area contributed by atoms with Crippen LogP contribution >= 0.6 is 19.6 Å². The fourth-order valence-corrected chi connectivity index (χ4v) is 10.4. The number of carbonyl (C=O) groups is 4. The molecule has 0 aromatic carbocycles. The van der Waals surface area contributed by atoms with Crippen molar-refractivity contribution in [2.45, 2.75) is 250 Å². The largest absolute Gasteiger partial charge is 0.756 e. The molecule has 3 unspecified atom stereocenters. The summed E-state index contributed by atoms with van der Waals surface area (Å²) < 4.78 is 33.6. The molecule has 2 aliphatic rings. The Balaban J connectivity index is 0.0000198. The van der Waals surface area contributed by atoms with Gasteiger partial charge in [-0.25, -0.2) is 4.79 Å². The van der Waals surface area contributed by atoms with Gasteiger partial charge in [0.05, 0.1) is 25.3 Å². The minimum atomic E-state index is -4.81. The maximum atomic E-state index is 12.8. The quantitative estimate of drug-likeness (QED) is 0.0229. The van der Waals surface area contributed by atoms with Gasteiger partial charge in [-0.3, -0.25) is 18.9 Å². The predicted octanol–water partition coefficient (Wildman–Crippen LogP) is 11.4. The van der Waals surface area contributed by atoms with Gasteiger partial charge in [-0.2, -0.15) is 11.8 Å². The third kappa shape index (κ3) is 32.5. The van der Waals surface area contributed by atoms with Crippen molar-refractivity contribution in [3.05, 3.63) is 0 Å². The van der Waals surface area contributed by atoms with Crippen molar-refractivity contribution in [1.82, 2.24) is 16.0 Å². The topological polar surface area (TPSA) is 181 Å². The first-order valence-electron chi connectivity index (χ1n) is 25.0. The second-order valence-corrected chi connectivity index (χ2v) is 20.3. The van der Waals surface area contributed by atoms with Gasteiger partial charge in [-0.1, -0.05) is 182 Å². The summed E-state index contributed by atoms with van der Waals surface area (Å²) in [5.74, 6) is -0.236. The number of thioether (sulfide) groups is 1. The SMILES string of the molecule is C.CCCCCCCCCCCCCCCC(=O)OCC(COP(=O)([O-])OCCNC(=O)CCCCC1SC[C@@H]2NC(=O)N[C@H]12)OC(=O)CCCCCCCCCCCCCCC. The minimum Gasteiger partial charge on any atom is -0.756 e. The molecule has 370 valence electrons. The average molecular weight is 933 g/mol. The molecular formula is C48H91N3O10PS-. The number of nitrogens with one attached hydrogen (secondary N) is 3. The molecule has 15 heteroatoms. The van der Waals surface area contributed by atoms with Gasteiger partial charge in [-0.05, 0) is 25.7 Å². The van der Waals surface area contributed by atoms with Crippen LogP contribution in [0.3, 0.4) is 0 Å². The second kappa shape index (κ2) is 39.3. The number of rotatable bonds is 43. The first kappa shape index (κ1) is 59.2. The summed E-state index contributed by atoms with van der Waals surface area (Å²) in [7, 11) is -4.81. The van der Waals surface area contributed by atoms with E-state index in [1.165, 1.54) is 116 Å². The lowest BCUT2D eigenvalue weighted by atomic mass is 10.0. The van der Waals surface area contributed by atoms with E-state index >= 15 is 0 Å². The highest BCUT2D eigenvalue weighted by Gasteiger charge is 2.42. The lowest BCUT2D eigenvalue weighted by Gasteiger charge is -2.25. The highest BCUT2D eigenvalue weighted by molar-refractivity contribution is 8.00. The van der Waals surface area contributed by atoms with Gasteiger partial charge in [0.2, 0.25) is 5.91 Å². The molecule has 2 rings (SSSR count). The number of unbranched alkanes of at least 4 members (excludes halogenated alkanes) is 25. The van der Waals surface area contributed by atoms with Gasteiger partial charge in [-0.15, -0.1) is 0 Å². The van der Waals surface area contributed by atoms with Crippen LogP contribution in [0.25, 0.3) is 0 Å². The van der Waals surface area contributed by atoms with E-state index in [-0.39, 0.29) is 64.0 Å². The molecule has 3 amide bonds. The van der Waals surface area contributed by atoms with E-state index in [1.807, 2.05) is 11.8 Å². The first-order valence-corrected chi connectivity index (χ1v) is 27.5. The molecule has 2 fully saturated rings. The van der Waals surface area contributed by atoms with E-state index < -0.39 is 32.5 Å². The fourth-order valence-electron chi connectivity index (χ4n) is 8.12. The van der Waals surface area contributed by atoms with Gasteiger partial charge in [0.15, 0.2) is 6.10 Å². The first-order chi connectivity index (χ1) is 30.1. The molecule has 2 aliphatic heterocycles. The van der Waals surface area contributed by atoms with Crippen LogP contribution in [0.15, 0.2) is 0 Å². The van der Waals surface area contributed by atoms with Crippen molar-refractivity contribution >= 4 is 43.5 Å². The smallest absolute Gasteiger partial charge is 0.315 e. The normalized spacial score (nSPS) is 18.1. The zero-order valence-corrected chi connectivity index (χ0v) is 40.6. The zero-order valence-electron chi connectivity index (χ0n) is 38.9. The van der Waals surface area contributed by atoms with Crippen molar-refractivity contribution in [1.29, 1.82) is 0 Å². The molecule has 2 saturated heterocycles. The van der Waals surface area contributed by atoms with Crippen molar-refractivity contribution < 1.29 is 47.2 Å². The Morgan fingerprint density at radius 1 is 0.667 bits per heavy atom. The minimum absolute atomic E-state index is 0. The highest BCUT2D eigenvalue weighted by Crippen LogP contribution is 2.38. The lowest BCUT2D eigenvalue weighted by Crippen LogP contribution is -2.36. The molecule has 0 spiro atoms. The monoisotopic (exact) mass is 933 g/mol. The molecule has 0 saturated carbocycles. The van der Waals surface area contributed by atoms with Gasteiger partial charge in [0.25, 0.3) is 7.82 Å². The molecule has 0 aromatic heterocycles. The maximum absolute atomic E-state index is 12.8. The maximum Gasteiger partial charge on any atom is 0.315 e. The molecule has 13 nitrogen and oxygen atoms in total. The van der Waals surface area contributed by atoms with Crippen LogP contribution in [0.2, 0.25) is 0 Å². The Morgan fingerprint density at radius 2 is 1.14 bits per heavy atom. The van der Waals surface area contributed by atoms with E-state index in [0.29, 0.717) is 30.9 Å². The Bertz CT molecular complexity index is 1230. The summed E-state index contributed by atoms with van der Waals surface area (Å²) in [6.45, 7) is 3.27. The van der Waals surface area contributed by atoms with Crippen LogP contribution in [0.5, 0.6) is 0 Å². The molecule has 3 N–H and O–H groups in total. The standard InChI is InChI=1S/C47H88N3O10PS.CH4/c1-3-5-7-9-11-13-15-17-19-21-23-25-27-33-44(52)57-37-40(60-45(53)34-28-26-24-22-20-18-16-14-12-10-8-6-4-2)38-59-61(55,56)58-36-35-48-43(51)32-30-29-31-42-46-41(39-62-42)49-47(54)50-46;/h40-42,46H,3-39H2,1-2H3,(H,48,51)(H,55,56)(H2,49,50,54);1H4/p-1/t40?,41-,42?,46-;/m0./s1. The summed E-state index contributed by atoms with van der Waals surface area (Å²) in [5.41, 5.74) is 0. The number of urea groups is 1. The van der Waals surface area contributed by atoms with Crippen LogP contribution in [0.4, 0.5) is 4.79 Å². The van der Waals surface area contributed by atoms with Crippen LogP contribution < -0.4 is 20.8 Å². The second-order valence-electron chi connectivity index (χ2n) is 17.6. The number of amides is 3. The van der Waals surface area contributed by atoms with E-state index in [2.05, 4.69) is 29.8 Å². The number of hydrogen-bond acceptors (Lipinski definition) is 11. The van der Waals surface area contributed by atoms with Crippen LogP contribution in [-0.4, -0.2) is 79.4 Å². The average Bonchev–Trinajstić information content (AvgIpc) is 3.81. The van der Waals surface area contributed by atoms with Gasteiger partial charge < -0.3 is 39.4 Å². The van der Waals surface area contributed by atoms with Crippen LogP contribution in [0, 0.1) is 0 Å². The molecule has 0 aromatic rings. The molecule has 63 heavy (non-hydrogen) atoms. The molecule has 5 atom stereocenters. The number of phosphoric ester groups is 1. The Labute approximate surface area is 387 Å². The number of phosphoric acid groups is 1. The molecule has 0 radical (unpaired) electrons. The number of ether oxygens (including phenoxy) is 2. The van der Waals surface area contributed by atoms with Crippen LogP contribution in [0.1, 0.15) is 227 Å². The predicted molar refractivity (Wildman–Crippen MR) is 255 cm³/mol. The zero-order chi connectivity index (χ0) is 44.9. The Hall–Kier alpha value is -1.86. The summed E-state index contributed by atoms with van der Waals surface area (Å²) in [5, 5.41) is 8.90. The van der Waals surface area contributed by atoms with Gasteiger partial charge >= 0.3 is 18.0 Å². The van der Waals surface area contributed by atoms with Crippen molar-refractivity contribution in [2.24, 2.45) is 0 Å². The van der Waals surface area contributed by atoms with E-state index in [0.717, 1.165) is 57.1 Å². The van der Waals surface area contributed by atoms with Gasteiger partial charge in [0, 0.05) is 36.8 Å². The van der Waals surface area contributed by atoms with Crippen molar-refractivity contribution in [3.63, 3.8) is 0 Å². The fraction of sp³-hybridized carbons (Fsp3) is 0.917. The molecular weight excluding hydrogens is 842 g/mol. The number of hydrogen-bond donors (Lipinski definition) is 3. The third-order valence-corrected chi connectivity index (χ3v) is 14.3. The van der Waals surface area contributed by atoms with E-state index in [9.17, 15) is 28.6 Å². The van der Waals surface area contributed by atoms with E-state index in [1.54, 1.807) is 0 Å². The Morgan fingerprint density at radius 3 is 1.67 bits per heavy atom. The number of esters is 2. The molecule has 0 aliphatic carbocycles. The van der Waals surface area contributed by atoms with Gasteiger partial charge in [0.1, 0.15) is 6.61 Å². The van der Waals surface area contributed by atoms with Crippen LogP contribution in [-0.2, 0) is 37.5 Å². The summed E-state index contributed by atoms with van der Waals surface area (Å²) in [6, 6.07) is 0.186. The molecule has 0 bridgehead atoms. The van der Waals surface area contributed by atoms with E-state index in [4.69, 9.17) is 18.5 Å². The number of carbonyl (C=O) groups excluding carboxylic acids is 4. The highest BCUT2D eigenvalue weighted by atomic mass is 32.2. The summed E-state index contributed by atoms with van der Waals surface area (Å²) >= 11 is 1.83. The summed E-state index contributed by atoms with van der Waals surface area (Å²) in [6.07, 6.45) is 33.1. The Kier molecular flexibility index (Phi) is 36.9. The number of fused-ring (bicyclic) bond motifs is 1. The van der Waals surface area contributed by atoms with Crippen molar-refractivity contribution in [3.8, 4) is 0 Å².